The first-order chi connectivity index (χ1) is 16.0. The van der Waals surface area contributed by atoms with Gasteiger partial charge in [-0.3, -0.25) is 9.18 Å². The van der Waals surface area contributed by atoms with Gasteiger partial charge in [0, 0.05) is 31.0 Å². The van der Waals surface area contributed by atoms with Crippen LogP contribution in [0.5, 0.6) is 5.75 Å². The third kappa shape index (κ3) is 5.94. The van der Waals surface area contributed by atoms with Crippen LogP contribution in [0.1, 0.15) is 42.4 Å². The van der Waals surface area contributed by atoms with Crippen molar-refractivity contribution in [3.63, 3.8) is 0 Å². The van der Waals surface area contributed by atoms with Crippen LogP contribution < -0.4 is 15.0 Å². The summed E-state index contributed by atoms with van der Waals surface area (Å²) >= 11 is 5.86. The number of hydrogen-bond acceptors (Lipinski definition) is 3. The van der Waals surface area contributed by atoms with Gasteiger partial charge in [-0.15, -0.1) is 11.6 Å². The number of nitrogens with zero attached hydrogens (tertiary/aromatic N) is 1. The number of halogens is 4. The average molecular weight is 483 g/mol. The summed E-state index contributed by atoms with van der Waals surface area (Å²) in [6.45, 7) is 4.00. The summed E-state index contributed by atoms with van der Waals surface area (Å²) in [5, 5.41) is 2.61. The zero-order chi connectivity index (χ0) is 24.0. The SMILES string of the molecule is CF.Cc1cc(CCl)cc(F)c1N1CCCC(COc2ccc(F)c3c2CCC(=O)N3)CC1. The van der Waals surface area contributed by atoms with E-state index in [4.69, 9.17) is 16.3 Å². The highest BCUT2D eigenvalue weighted by atomic mass is 35.5. The van der Waals surface area contributed by atoms with Gasteiger partial charge in [-0.25, -0.2) is 8.78 Å². The molecule has 2 heterocycles. The van der Waals surface area contributed by atoms with Gasteiger partial charge in [-0.2, -0.15) is 0 Å². The summed E-state index contributed by atoms with van der Waals surface area (Å²) in [5.74, 6) is 0.441. The van der Waals surface area contributed by atoms with E-state index in [-0.39, 0.29) is 17.4 Å². The number of ether oxygens (including phenoxy) is 1. The maximum Gasteiger partial charge on any atom is 0.224 e. The van der Waals surface area contributed by atoms with E-state index < -0.39 is 5.82 Å². The number of aryl methyl sites for hydroxylation is 1. The summed E-state index contributed by atoms with van der Waals surface area (Å²) in [6.07, 6.45) is 3.62. The van der Waals surface area contributed by atoms with Crippen LogP contribution >= 0.6 is 11.6 Å². The van der Waals surface area contributed by atoms with Crippen LogP contribution in [-0.2, 0) is 17.1 Å². The van der Waals surface area contributed by atoms with Gasteiger partial charge in [0.25, 0.3) is 0 Å². The van der Waals surface area contributed by atoms with E-state index >= 15 is 0 Å². The Bertz CT molecular complexity index is 963. The highest BCUT2D eigenvalue weighted by Crippen LogP contribution is 2.35. The first-order valence-corrected chi connectivity index (χ1v) is 11.7. The Labute approximate surface area is 198 Å². The predicted octanol–water partition coefficient (Wildman–Crippen LogP) is 6.17. The molecule has 2 aromatic carbocycles. The van der Waals surface area contributed by atoms with Gasteiger partial charge in [0.2, 0.25) is 5.91 Å². The topological polar surface area (TPSA) is 41.6 Å². The molecule has 1 N–H and O–H groups in total. The smallest absolute Gasteiger partial charge is 0.224 e. The van der Waals surface area contributed by atoms with E-state index in [1.54, 1.807) is 6.07 Å². The lowest BCUT2D eigenvalue weighted by Gasteiger charge is -2.26. The molecule has 33 heavy (non-hydrogen) atoms. The van der Waals surface area contributed by atoms with Gasteiger partial charge in [0.1, 0.15) is 17.4 Å². The molecule has 2 aliphatic heterocycles. The zero-order valence-corrected chi connectivity index (χ0v) is 19.8. The van der Waals surface area contributed by atoms with Gasteiger partial charge < -0.3 is 15.0 Å². The van der Waals surface area contributed by atoms with E-state index in [0.29, 0.717) is 49.9 Å². The second-order valence-corrected chi connectivity index (χ2v) is 8.69. The molecule has 0 radical (unpaired) electrons. The average Bonchev–Trinajstić information content (AvgIpc) is 3.05. The normalized spacial score (nSPS) is 17.9. The number of amides is 1. The molecule has 0 aromatic heterocycles. The van der Waals surface area contributed by atoms with Crippen molar-refractivity contribution in [2.75, 3.05) is 37.1 Å². The van der Waals surface area contributed by atoms with Crippen molar-refractivity contribution in [2.24, 2.45) is 5.92 Å². The van der Waals surface area contributed by atoms with Crippen LogP contribution in [0.25, 0.3) is 0 Å². The van der Waals surface area contributed by atoms with Crippen molar-refractivity contribution in [2.45, 2.75) is 44.9 Å². The standard InChI is InChI=1S/C24H27ClF2N2O2.CH3F/c1-15-11-17(13-25)12-20(27)24(15)29-9-2-3-16(8-10-29)14-31-21-6-5-19(26)23-18(21)4-7-22(30)28-23;1-2/h5-6,11-12,16H,2-4,7-10,13-14H2,1H3,(H,28,30);1H3. The van der Waals surface area contributed by atoms with Gasteiger partial charge in [0.15, 0.2) is 0 Å². The molecule has 2 aliphatic rings. The molecule has 8 heteroatoms. The van der Waals surface area contributed by atoms with Crippen molar-refractivity contribution in [1.82, 2.24) is 0 Å². The van der Waals surface area contributed by atoms with E-state index in [2.05, 4.69) is 10.2 Å². The minimum absolute atomic E-state index is 0.172. The Balaban J connectivity index is 0.00000149. The third-order valence-corrected chi connectivity index (χ3v) is 6.50. The maximum absolute atomic E-state index is 14.7. The molecule has 0 aliphatic carbocycles. The first-order valence-electron chi connectivity index (χ1n) is 11.2. The number of anilines is 2. The molecule has 0 saturated carbocycles. The van der Waals surface area contributed by atoms with Crippen LogP contribution in [-0.4, -0.2) is 32.8 Å². The van der Waals surface area contributed by atoms with Gasteiger partial charge in [-0.05, 0) is 67.9 Å². The minimum Gasteiger partial charge on any atom is -0.493 e. The lowest BCUT2D eigenvalue weighted by atomic mass is 10.0. The number of rotatable bonds is 5. The number of alkyl halides is 2. The molecular weight excluding hydrogens is 453 g/mol. The zero-order valence-electron chi connectivity index (χ0n) is 19.0. The summed E-state index contributed by atoms with van der Waals surface area (Å²) in [5.41, 5.74) is 3.34. The van der Waals surface area contributed by atoms with Crippen molar-refractivity contribution in [1.29, 1.82) is 0 Å². The maximum atomic E-state index is 14.7. The molecule has 180 valence electrons. The fourth-order valence-corrected chi connectivity index (χ4v) is 4.76. The van der Waals surface area contributed by atoms with Crippen LogP contribution in [0.4, 0.5) is 24.5 Å². The number of benzene rings is 2. The second-order valence-electron chi connectivity index (χ2n) is 8.42. The molecule has 2 aromatic rings. The number of carbonyl (C=O) groups is 1. The monoisotopic (exact) mass is 482 g/mol. The van der Waals surface area contributed by atoms with Crippen LogP contribution in [0, 0.1) is 24.5 Å². The minimum atomic E-state index is -0.432. The number of fused-ring (bicyclic) bond motifs is 1. The first kappa shape index (κ1) is 25.2. The van der Waals surface area contributed by atoms with Crippen LogP contribution in [0.15, 0.2) is 24.3 Å². The highest BCUT2D eigenvalue weighted by molar-refractivity contribution is 6.17. The van der Waals surface area contributed by atoms with Gasteiger partial charge >= 0.3 is 0 Å². The fraction of sp³-hybridized carbons (Fsp3) is 0.480. The van der Waals surface area contributed by atoms with E-state index in [0.717, 1.165) is 49.0 Å². The summed E-state index contributed by atoms with van der Waals surface area (Å²) in [7, 11) is 0.500. The number of carbonyl (C=O) groups excluding carboxylic acids is 1. The van der Waals surface area contributed by atoms with E-state index in [1.165, 1.54) is 12.1 Å². The molecule has 4 rings (SSSR count). The van der Waals surface area contributed by atoms with Gasteiger partial charge in [-0.1, -0.05) is 6.07 Å². The quantitative estimate of drug-likeness (QED) is 0.518. The predicted molar refractivity (Wildman–Crippen MR) is 126 cm³/mol. The Kier molecular flexibility index (Phi) is 8.89. The lowest BCUT2D eigenvalue weighted by Crippen LogP contribution is -2.26. The number of nitrogens with one attached hydrogen (secondary N) is 1. The molecule has 0 spiro atoms. The Morgan fingerprint density at radius 3 is 2.64 bits per heavy atom. The largest absolute Gasteiger partial charge is 0.493 e. The molecular formula is C25H30ClF3N2O2. The molecule has 0 bridgehead atoms. The highest BCUT2D eigenvalue weighted by Gasteiger charge is 2.24. The molecule has 1 saturated heterocycles. The van der Waals surface area contributed by atoms with Crippen LogP contribution in [0.2, 0.25) is 0 Å². The van der Waals surface area contributed by atoms with E-state index in [1.807, 2.05) is 13.0 Å². The molecule has 1 fully saturated rings. The molecule has 4 nitrogen and oxygen atoms in total. The second kappa shape index (κ2) is 11.6. The summed E-state index contributed by atoms with van der Waals surface area (Å²) < 4.78 is 44.4. The number of hydrogen-bond donors (Lipinski definition) is 1. The van der Waals surface area contributed by atoms with Crippen molar-refractivity contribution < 1.29 is 22.7 Å². The Morgan fingerprint density at radius 2 is 1.91 bits per heavy atom. The summed E-state index contributed by atoms with van der Waals surface area (Å²) in [6, 6.07) is 6.46. The summed E-state index contributed by atoms with van der Waals surface area (Å²) in [4.78, 5) is 13.7. The van der Waals surface area contributed by atoms with Crippen LogP contribution in [0.3, 0.4) is 0 Å². The fourth-order valence-electron chi connectivity index (χ4n) is 4.61. The van der Waals surface area contributed by atoms with Crippen molar-refractivity contribution in [3.8, 4) is 5.75 Å². The van der Waals surface area contributed by atoms with Crippen molar-refractivity contribution >= 4 is 28.9 Å². The van der Waals surface area contributed by atoms with Crippen molar-refractivity contribution in [3.05, 3.63) is 52.6 Å². The lowest BCUT2D eigenvalue weighted by molar-refractivity contribution is -0.116. The van der Waals surface area contributed by atoms with Gasteiger partial charge in [0.05, 0.1) is 25.2 Å². The molecule has 1 amide bonds. The third-order valence-electron chi connectivity index (χ3n) is 6.19. The molecule has 1 unspecified atom stereocenters. The Morgan fingerprint density at radius 1 is 1.12 bits per heavy atom. The molecule has 1 atom stereocenters. The Hall–Kier alpha value is -2.41. The van der Waals surface area contributed by atoms with E-state index in [9.17, 15) is 18.0 Å².